The molecule has 5 nitrogen and oxygen atoms in total. The lowest BCUT2D eigenvalue weighted by atomic mass is 10.0. The second-order valence-corrected chi connectivity index (χ2v) is 5.29. The van der Waals surface area contributed by atoms with Gasteiger partial charge >= 0.3 is 6.03 Å². The summed E-state index contributed by atoms with van der Waals surface area (Å²) in [5.74, 6) is 0.640. The number of ether oxygens (including phenoxy) is 2. The molecule has 20 heavy (non-hydrogen) atoms. The number of allylic oxidation sites excluding steroid dienone is 1. The lowest BCUT2D eigenvalue weighted by molar-refractivity contribution is 0.123. The Bertz CT molecular complexity index is 304. The first kappa shape index (κ1) is 17.0. The number of nitrogens with zero attached hydrogens (tertiary/aromatic N) is 1. The molecule has 1 aliphatic carbocycles. The second kappa shape index (κ2) is 9.77. The van der Waals surface area contributed by atoms with Crippen LogP contribution in [0.15, 0.2) is 11.8 Å². The Hall–Kier alpha value is -1.07. The monoisotopic (exact) mass is 284 g/mol. The van der Waals surface area contributed by atoms with E-state index in [1.54, 1.807) is 19.1 Å². The van der Waals surface area contributed by atoms with Gasteiger partial charge in [0.15, 0.2) is 0 Å². The molecule has 116 valence electrons. The van der Waals surface area contributed by atoms with Gasteiger partial charge in [-0.1, -0.05) is 18.4 Å². The van der Waals surface area contributed by atoms with Gasteiger partial charge in [0.05, 0.1) is 13.2 Å². The van der Waals surface area contributed by atoms with Crippen molar-refractivity contribution in [2.45, 2.75) is 32.6 Å². The predicted octanol–water partition coefficient (Wildman–Crippen LogP) is 2.38. The summed E-state index contributed by atoms with van der Waals surface area (Å²) in [5, 5.41) is 2.89. The minimum absolute atomic E-state index is 0.0866. The predicted molar refractivity (Wildman–Crippen MR) is 79.6 cm³/mol. The van der Waals surface area contributed by atoms with Gasteiger partial charge in [0, 0.05) is 33.5 Å². The molecule has 5 heteroatoms. The summed E-state index contributed by atoms with van der Waals surface area (Å²) in [6, 6.07) is -0.0866. The highest BCUT2D eigenvalue weighted by molar-refractivity contribution is 5.75. The Morgan fingerprint density at radius 1 is 1.20 bits per heavy atom. The van der Waals surface area contributed by atoms with E-state index in [1.165, 1.54) is 31.3 Å². The quantitative estimate of drug-likeness (QED) is 0.744. The minimum atomic E-state index is -0.0866. The van der Waals surface area contributed by atoms with E-state index >= 15 is 0 Å². The van der Waals surface area contributed by atoms with Crippen LogP contribution in [0.2, 0.25) is 0 Å². The highest BCUT2D eigenvalue weighted by Gasteiger charge is 2.17. The number of carbonyl (C=O) groups is 1. The van der Waals surface area contributed by atoms with Crippen molar-refractivity contribution < 1.29 is 14.3 Å². The van der Waals surface area contributed by atoms with Gasteiger partial charge in [0.25, 0.3) is 0 Å². The zero-order valence-corrected chi connectivity index (χ0v) is 13.0. The van der Waals surface area contributed by atoms with Gasteiger partial charge in [0.1, 0.15) is 0 Å². The van der Waals surface area contributed by atoms with Gasteiger partial charge < -0.3 is 19.7 Å². The molecule has 1 N–H and O–H groups in total. The van der Waals surface area contributed by atoms with Gasteiger partial charge in [-0.3, -0.25) is 0 Å². The van der Waals surface area contributed by atoms with Crippen LogP contribution >= 0.6 is 0 Å². The van der Waals surface area contributed by atoms with Crippen molar-refractivity contribution in [2.24, 2.45) is 5.92 Å². The molecular weight excluding hydrogens is 256 g/mol. The molecule has 2 amide bonds. The van der Waals surface area contributed by atoms with E-state index in [-0.39, 0.29) is 6.03 Å². The zero-order valence-electron chi connectivity index (χ0n) is 13.0. The van der Waals surface area contributed by atoms with Crippen LogP contribution in [0.25, 0.3) is 0 Å². The topological polar surface area (TPSA) is 50.8 Å². The first-order chi connectivity index (χ1) is 9.69. The number of nitrogens with one attached hydrogen (secondary N) is 1. The van der Waals surface area contributed by atoms with E-state index in [1.807, 2.05) is 6.20 Å². The standard InChI is InChI=1S/C15H28N2O3/c1-13(14-6-4-5-7-14)12-16-15(18)17(8-10-19-2)9-11-20-3/h12,14H,4-11H2,1-3H3,(H,16,18)/b13-12+. The average Bonchev–Trinajstić information content (AvgIpc) is 2.99. The van der Waals surface area contributed by atoms with Gasteiger partial charge in [-0.25, -0.2) is 4.79 Å². The number of carbonyl (C=O) groups excluding carboxylic acids is 1. The number of rotatable bonds is 8. The number of amides is 2. The van der Waals surface area contributed by atoms with Crippen molar-refractivity contribution in [2.75, 3.05) is 40.5 Å². The maximum atomic E-state index is 12.1. The number of urea groups is 1. The van der Waals surface area contributed by atoms with Crippen LogP contribution < -0.4 is 5.32 Å². The van der Waals surface area contributed by atoms with Crippen molar-refractivity contribution in [3.05, 3.63) is 11.8 Å². The summed E-state index contributed by atoms with van der Waals surface area (Å²) in [5.41, 5.74) is 1.27. The average molecular weight is 284 g/mol. The molecule has 0 aromatic carbocycles. The second-order valence-electron chi connectivity index (χ2n) is 5.29. The van der Waals surface area contributed by atoms with E-state index in [9.17, 15) is 4.79 Å². The fraction of sp³-hybridized carbons (Fsp3) is 0.800. The van der Waals surface area contributed by atoms with Crippen LogP contribution in [0.4, 0.5) is 4.79 Å². The molecule has 1 rings (SSSR count). The molecule has 1 fully saturated rings. The fourth-order valence-corrected chi connectivity index (χ4v) is 2.48. The smallest absolute Gasteiger partial charge is 0.321 e. The fourth-order valence-electron chi connectivity index (χ4n) is 2.48. The van der Waals surface area contributed by atoms with Crippen LogP contribution in [0.5, 0.6) is 0 Å². The molecule has 0 aromatic heterocycles. The summed E-state index contributed by atoms with van der Waals surface area (Å²) in [4.78, 5) is 13.8. The van der Waals surface area contributed by atoms with Gasteiger partial charge in [-0.05, 0) is 25.7 Å². The molecule has 0 bridgehead atoms. The van der Waals surface area contributed by atoms with E-state index in [2.05, 4.69) is 12.2 Å². The summed E-state index contributed by atoms with van der Waals surface area (Å²) < 4.78 is 10.1. The van der Waals surface area contributed by atoms with Gasteiger partial charge in [0.2, 0.25) is 0 Å². The highest BCUT2D eigenvalue weighted by Crippen LogP contribution is 2.30. The summed E-state index contributed by atoms with van der Waals surface area (Å²) in [6.07, 6.45) is 6.96. The third-order valence-electron chi connectivity index (χ3n) is 3.84. The van der Waals surface area contributed by atoms with Crippen LogP contribution in [-0.2, 0) is 9.47 Å². The van der Waals surface area contributed by atoms with E-state index < -0.39 is 0 Å². The Balaban J connectivity index is 2.44. The Labute approximate surface area is 122 Å². The molecule has 0 atom stereocenters. The van der Waals surface area contributed by atoms with Crippen molar-refractivity contribution >= 4 is 6.03 Å². The highest BCUT2D eigenvalue weighted by atomic mass is 16.5. The SMILES string of the molecule is COCCN(CCOC)C(=O)N/C=C(\C)C1CCCC1. The van der Waals surface area contributed by atoms with E-state index in [0.717, 1.165) is 0 Å². The third kappa shape index (κ3) is 5.92. The number of hydrogen-bond acceptors (Lipinski definition) is 3. The van der Waals surface area contributed by atoms with Gasteiger partial charge in [-0.15, -0.1) is 0 Å². The zero-order chi connectivity index (χ0) is 14.8. The Morgan fingerprint density at radius 2 is 1.75 bits per heavy atom. The molecule has 0 spiro atoms. The van der Waals surface area contributed by atoms with Crippen molar-refractivity contribution in [3.8, 4) is 0 Å². The lowest BCUT2D eigenvalue weighted by Crippen LogP contribution is -2.41. The summed E-state index contributed by atoms with van der Waals surface area (Å²) >= 11 is 0. The number of methoxy groups -OCH3 is 2. The van der Waals surface area contributed by atoms with Crippen molar-refractivity contribution in [1.29, 1.82) is 0 Å². The largest absolute Gasteiger partial charge is 0.383 e. The third-order valence-corrected chi connectivity index (χ3v) is 3.84. The number of hydrogen-bond donors (Lipinski definition) is 1. The van der Waals surface area contributed by atoms with E-state index in [4.69, 9.17) is 9.47 Å². The molecule has 0 radical (unpaired) electrons. The summed E-state index contributed by atoms with van der Waals surface area (Å²) in [7, 11) is 3.27. The maximum Gasteiger partial charge on any atom is 0.321 e. The summed E-state index contributed by atoms with van der Waals surface area (Å²) in [6.45, 7) is 4.31. The lowest BCUT2D eigenvalue weighted by Gasteiger charge is -2.22. The maximum absolute atomic E-state index is 12.1. The molecule has 1 saturated carbocycles. The van der Waals surface area contributed by atoms with Crippen LogP contribution in [0.3, 0.4) is 0 Å². The van der Waals surface area contributed by atoms with Crippen LogP contribution in [0, 0.1) is 5.92 Å². The molecule has 0 heterocycles. The molecule has 0 unspecified atom stereocenters. The van der Waals surface area contributed by atoms with E-state index in [0.29, 0.717) is 32.2 Å². The first-order valence-corrected chi connectivity index (χ1v) is 7.39. The normalized spacial score (nSPS) is 16.4. The minimum Gasteiger partial charge on any atom is -0.383 e. The molecule has 0 aromatic rings. The molecule has 0 aliphatic heterocycles. The van der Waals surface area contributed by atoms with Crippen molar-refractivity contribution in [1.82, 2.24) is 10.2 Å². The van der Waals surface area contributed by atoms with Crippen LogP contribution in [0.1, 0.15) is 32.6 Å². The molecule has 0 saturated heterocycles. The van der Waals surface area contributed by atoms with Gasteiger partial charge in [-0.2, -0.15) is 0 Å². The Morgan fingerprint density at radius 3 is 2.25 bits per heavy atom. The Kier molecular flexibility index (Phi) is 8.30. The van der Waals surface area contributed by atoms with Crippen molar-refractivity contribution in [3.63, 3.8) is 0 Å². The molecule has 1 aliphatic rings. The first-order valence-electron chi connectivity index (χ1n) is 7.39. The van der Waals surface area contributed by atoms with Crippen LogP contribution in [-0.4, -0.2) is 51.5 Å². The molecular formula is C15H28N2O3.